The van der Waals surface area contributed by atoms with E-state index in [0.717, 1.165) is 18.8 Å². The van der Waals surface area contributed by atoms with Crippen molar-refractivity contribution in [2.75, 3.05) is 26.2 Å². The fraction of sp³-hybridized carbons (Fsp3) is 0.550. The van der Waals surface area contributed by atoms with Gasteiger partial charge in [-0.3, -0.25) is 10.3 Å². The topological polar surface area (TPSA) is 54.0 Å². The number of benzene rings is 1. The van der Waals surface area contributed by atoms with Gasteiger partial charge < -0.3 is 14.5 Å². The van der Waals surface area contributed by atoms with Gasteiger partial charge >= 0.3 is 6.09 Å². The van der Waals surface area contributed by atoms with Crippen molar-refractivity contribution in [2.24, 2.45) is 5.41 Å². The van der Waals surface area contributed by atoms with Gasteiger partial charge in [0.2, 0.25) is 0 Å². The molecule has 0 unspecified atom stereocenters. The Labute approximate surface area is 155 Å². The van der Waals surface area contributed by atoms with E-state index in [1.807, 2.05) is 33.8 Å². The highest BCUT2D eigenvalue weighted by molar-refractivity contribution is 5.70. The molecule has 0 bridgehead atoms. The summed E-state index contributed by atoms with van der Waals surface area (Å²) in [6.07, 6.45) is 1.87. The summed E-state index contributed by atoms with van der Waals surface area (Å²) in [6, 6.07) is 10.4. The maximum Gasteiger partial charge on any atom is 0.410 e. The third-order valence-electron chi connectivity index (χ3n) is 4.58. The molecule has 1 aromatic carbocycles. The number of amides is 1. The Balaban J connectivity index is 1.65. The molecule has 142 valence electrons. The molecule has 0 atom stereocenters. The van der Waals surface area contributed by atoms with Crippen LogP contribution in [0.1, 0.15) is 33.3 Å². The monoisotopic (exact) mass is 359 g/mol. The summed E-state index contributed by atoms with van der Waals surface area (Å²) in [5, 5.41) is 0. The van der Waals surface area contributed by atoms with Gasteiger partial charge in [0.25, 0.3) is 0 Å². The fourth-order valence-corrected chi connectivity index (χ4v) is 3.45. The molecule has 2 aliphatic rings. The summed E-state index contributed by atoms with van der Waals surface area (Å²) in [5.41, 5.74) is 4.80. The van der Waals surface area contributed by atoms with Crippen molar-refractivity contribution in [3.05, 3.63) is 47.8 Å². The summed E-state index contributed by atoms with van der Waals surface area (Å²) in [4.78, 5) is 21.8. The fourth-order valence-electron chi connectivity index (χ4n) is 3.45. The van der Waals surface area contributed by atoms with Gasteiger partial charge in [0.1, 0.15) is 5.60 Å². The quantitative estimate of drug-likeness (QED) is 0.819. The van der Waals surface area contributed by atoms with Crippen LogP contribution in [0.3, 0.4) is 0 Å². The summed E-state index contributed by atoms with van der Waals surface area (Å²) in [6.45, 7) is 11.2. The molecule has 0 radical (unpaired) electrons. The Morgan fingerprint density at radius 2 is 1.88 bits per heavy atom. The Morgan fingerprint density at radius 3 is 2.50 bits per heavy atom. The van der Waals surface area contributed by atoms with Crippen LogP contribution in [0.15, 0.2) is 42.2 Å². The summed E-state index contributed by atoms with van der Waals surface area (Å²) < 4.78 is 5.49. The zero-order valence-electron chi connectivity index (χ0n) is 16.1. The second kappa shape index (κ2) is 7.19. The SMILES string of the molecule is CCONC1=CN(Cc2ccccc2)CC12CN(C(=O)OC(C)(C)C)C2. The molecule has 2 heterocycles. The molecular formula is C20H29N3O3. The number of carbonyl (C=O) groups is 1. The number of hydrogen-bond donors (Lipinski definition) is 1. The minimum Gasteiger partial charge on any atom is -0.444 e. The highest BCUT2D eigenvalue weighted by atomic mass is 16.6. The molecular weight excluding hydrogens is 330 g/mol. The van der Waals surface area contributed by atoms with Gasteiger partial charge in [-0.2, -0.15) is 0 Å². The van der Waals surface area contributed by atoms with Crippen molar-refractivity contribution in [1.29, 1.82) is 0 Å². The molecule has 0 aromatic heterocycles. The normalized spacial score (nSPS) is 18.5. The molecule has 0 saturated carbocycles. The Morgan fingerprint density at radius 1 is 1.19 bits per heavy atom. The third kappa shape index (κ3) is 4.12. The molecule has 26 heavy (non-hydrogen) atoms. The molecule has 1 N–H and O–H groups in total. The summed E-state index contributed by atoms with van der Waals surface area (Å²) in [7, 11) is 0. The number of nitrogens with one attached hydrogen (secondary N) is 1. The first-order valence-electron chi connectivity index (χ1n) is 9.17. The standard InChI is InChI=1S/C20H29N3O3/c1-5-25-21-17-12-22(11-16-9-7-6-8-10-16)13-20(17)14-23(15-20)18(24)26-19(2,3)4/h6-10,12,21H,5,11,13-15H2,1-4H3. The number of likely N-dealkylation sites (tertiary alicyclic amines) is 1. The van der Waals surface area contributed by atoms with Crippen molar-refractivity contribution in [3.63, 3.8) is 0 Å². The Hall–Kier alpha value is -2.21. The average molecular weight is 359 g/mol. The van der Waals surface area contributed by atoms with E-state index in [9.17, 15) is 4.79 Å². The number of rotatable bonds is 5. The van der Waals surface area contributed by atoms with Crippen LogP contribution in [0.4, 0.5) is 4.79 Å². The maximum atomic E-state index is 12.3. The van der Waals surface area contributed by atoms with Crippen LogP contribution < -0.4 is 5.48 Å². The van der Waals surface area contributed by atoms with Crippen LogP contribution >= 0.6 is 0 Å². The van der Waals surface area contributed by atoms with Gasteiger partial charge in [-0.1, -0.05) is 30.3 Å². The second-order valence-corrected chi connectivity index (χ2v) is 8.09. The summed E-state index contributed by atoms with van der Waals surface area (Å²) >= 11 is 0. The molecule has 6 heteroatoms. The molecule has 1 amide bonds. The zero-order chi connectivity index (χ0) is 18.8. The van der Waals surface area contributed by atoms with Gasteiger partial charge in [-0.15, -0.1) is 0 Å². The van der Waals surface area contributed by atoms with Crippen molar-refractivity contribution >= 4 is 6.09 Å². The van der Waals surface area contributed by atoms with E-state index in [4.69, 9.17) is 9.57 Å². The number of ether oxygens (including phenoxy) is 1. The van der Waals surface area contributed by atoms with Crippen LogP contribution in [0.2, 0.25) is 0 Å². The lowest BCUT2D eigenvalue weighted by Crippen LogP contribution is -2.62. The van der Waals surface area contributed by atoms with E-state index in [1.165, 1.54) is 5.56 Å². The van der Waals surface area contributed by atoms with Crippen LogP contribution in [0, 0.1) is 5.41 Å². The van der Waals surface area contributed by atoms with E-state index in [1.54, 1.807) is 4.90 Å². The van der Waals surface area contributed by atoms with Crippen LogP contribution in [0.25, 0.3) is 0 Å². The van der Waals surface area contributed by atoms with E-state index >= 15 is 0 Å². The lowest BCUT2D eigenvalue weighted by molar-refractivity contribution is -0.0356. The molecule has 2 aliphatic heterocycles. The van der Waals surface area contributed by atoms with Crippen LogP contribution in [0.5, 0.6) is 0 Å². The minimum absolute atomic E-state index is 0.110. The molecule has 3 rings (SSSR count). The molecule has 1 saturated heterocycles. The Kier molecular flexibility index (Phi) is 5.14. The number of nitrogens with zero attached hydrogens (tertiary/aromatic N) is 2. The largest absolute Gasteiger partial charge is 0.444 e. The maximum absolute atomic E-state index is 12.3. The smallest absolute Gasteiger partial charge is 0.410 e. The lowest BCUT2D eigenvalue weighted by atomic mass is 9.78. The van der Waals surface area contributed by atoms with E-state index in [2.05, 4.69) is 40.8 Å². The predicted octanol–water partition coefficient (Wildman–Crippen LogP) is 3.12. The molecule has 1 spiro atoms. The van der Waals surface area contributed by atoms with E-state index in [0.29, 0.717) is 19.7 Å². The number of hydroxylamine groups is 1. The number of carbonyl (C=O) groups excluding carboxylic acids is 1. The van der Waals surface area contributed by atoms with Crippen LogP contribution in [-0.4, -0.2) is 47.7 Å². The third-order valence-corrected chi connectivity index (χ3v) is 4.58. The Bertz CT molecular complexity index is 661. The molecule has 1 fully saturated rings. The van der Waals surface area contributed by atoms with Crippen molar-refractivity contribution < 1.29 is 14.4 Å². The highest BCUT2D eigenvalue weighted by Crippen LogP contribution is 2.42. The van der Waals surface area contributed by atoms with Crippen LogP contribution in [-0.2, 0) is 16.1 Å². The van der Waals surface area contributed by atoms with Gasteiger partial charge in [0.15, 0.2) is 0 Å². The predicted molar refractivity (Wildman–Crippen MR) is 99.9 cm³/mol. The van der Waals surface area contributed by atoms with E-state index < -0.39 is 5.60 Å². The average Bonchev–Trinajstić information content (AvgIpc) is 2.89. The lowest BCUT2D eigenvalue weighted by Gasteiger charge is -2.49. The number of hydrogen-bond acceptors (Lipinski definition) is 5. The second-order valence-electron chi connectivity index (χ2n) is 8.09. The summed E-state index contributed by atoms with van der Waals surface area (Å²) in [5.74, 6) is 0. The highest BCUT2D eigenvalue weighted by Gasteiger charge is 2.53. The first-order chi connectivity index (χ1) is 12.3. The molecule has 1 aromatic rings. The van der Waals surface area contributed by atoms with Crippen molar-refractivity contribution in [3.8, 4) is 0 Å². The minimum atomic E-state index is -0.475. The zero-order valence-corrected chi connectivity index (χ0v) is 16.1. The van der Waals surface area contributed by atoms with Crippen molar-refractivity contribution in [2.45, 2.75) is 39.8 Å². The van der Waals surface area contributed by atoms with Gasteiger partial charge in [-0.05, 0) is 33.3 Å². The first kappa shape index (κ1) is 18.6. The molecule has 6 nitrogen and oxygen atoms in total. The van der Waals surface area contributed by atoms with Crippen molar-refractivity contribution in [1.82, 2.24) is 15.3 Å². The van der Waals surface area contributed by atoms with Gasteiger partial charge in [-0.25, -0.2) is 4.79 Å². The van der Waals surface area contributed by atoms with E-state index in [-0.39, 0.29) is 11.5 Å². The van der Waals surface area contributed by atoms with Gasteiger partial charge in [0, 0.05) is 32.4 Å². The molecule has 0 aliphatic carbocycles. The first-order valence-corrected chi connectivity index (χ1v) is 9.17. The van der Waals surface area contributed by atoms with Gasteiger partial charge in [0.05, 0.1) is 17.7 Å².